The van der Waals surface area contributed by atoms with Crippen molar-refractivity contribution in [3.63, 3.8) is 0 Å². The number of aromatic nitrogens is 5. The molecule has 0 aliphatic rings. The van der Waals surface area contributed by atoms with Gasteiger partial charge in [-0.1, -0.05) is 12.1 Å². The van der Waals surface area contributed by atoms with Crippen LogP contribution in [0.5, 0.6) is 0 Å². The van der Waals surface area contributed by atoms with Crippen molar-refractivity contribution >= 4 is 33.9 Å². The first-order valence-corrected chi connectivity index (χ1v) is 8.56. The molecule has 3 aromatic heterocycles. The molecule has 3 heterocycles. The zero-order valence-corrected chi connectivity index (χ0v) is 14.8. The molecule has 0 radical (unpaired) electrons. The lowest BCUT2D eigenvalue weighted by molar-refractivity contribution is 0.102. The Morgan fingerprint density at radius 2 is 1.96 bits per heavy atom. The zero-order chi connectivity index (χ0) is 19.1. The first kappa shape index (κ1) is 16.1. The Kier molecular flexibility index (Phi) is 3.61. The van der Waals surface area contributed by atoms with Crippen LogP contribution in [0.25, 0.3) is 33.1 Å². The summed E-state index contributed by atoms with van der Waals surface area (Å²) in [5.41, 5.74) is 4.41. The van der Waals surface area contributed by atoms with Gasteiger partial charge in [0.25, 0.3) is 5.91 Å². The third-order valence-corrected chi connectivity index (χ3v) is 4.44. The number of nitrogens with zero attached hydrogens (tertiary/aromatic N) is 5. The maximum atomic E-state index is 12.5. The highest BCUT2D eigenvalue weighted by Crippen LogP contribution is 2.23. The molecular formula is C20H14N6O2. The minimum atomic E-state index is -0.318. The standard InChI is InChI=1S/C20H14N6O2/c1-26-10-15(9-23-26)12-2-3-14-8-21-20(24-17(14)6-12)25-19(27)13-4-5-16-18(7-13)28-11-22-16/h2-11H,1H3,(H,21,24,25,27). The van der Waals surface area contributed by atoms with Crippen LogP contribution >= 0.6 is 0 Å². The predicted molar refractivity (Wildman–Crippen MR) is 104 cm³/mol. The number of nitrogens with one attached hydrogen (secondary N) is 1. The second kappa shape index (κ2) is 6.27. The number of amides is 1. The molecule has 0 saturated heterocycles. The molecule has 0 bridgehead atoms. The average molecular weight is 370 g/mol. The molecule has 8 nitrogen and oxygen atoms in total. The van der Waals surface area contributed by atoms with Crippen molar-refractivity contribution < 1.29 is 9.21 Å². The normalized spacial score (nSPS) is 11.2. The van der Waals surface area contributed by atoms with Crippen molar-refractivity contribution in [2.45, 2.75) is 0 Å². The summed E-state index contributed by atoms with van der Waals surface area (Å²) in [6.07, 6.45) is 6.76. The lowest BCUT2D eigenvalue weighted by atomic mass is 10.1. The summed E-state index contributed by atoms with van der Waals surface area (Å²) >= 11 is 0. The summed E-state index contributed by atoms with van der Waals surface area (Å²) in [6, 6.07) is 10.9. The Morgan fingerprint density at radius 3 is 2.82 bits per heavy atom. The van der Waals surface area contributed by atoms with Crippen LogP contribution in [0.15, 0.2) is 65.8 Å². The van der Waals surface area contributed by atoms with E-state index >= 15 is 0 Å². The van der Waals surface area contributed by atoms with E-state index in [1.165, 1.54) is 6.39 Å². The second-order valence-electron chi connectivity index (χ2n) is 6.36. The lowest BCUT2D eigenvalue weighted by Crippen LogP contribution is -2.14. The zero-order valence-electron chi connectivity index (χ0n) is 14.8. The van der Waals surface area contributed by atoms with E-state index in [4.69, 9.17) is 4.42 Å². The van der Waals surface area contributed by atoms with E-state index in [0.29, 0.717) is 16.7 Å². The monoisotopic (exact) mass is 370 g/mol. The van der Waals surface area contributed by atoms with E-state index in [2.05, 4.69) is 25.4 Å². The Bertz CT molecular complexity index is 1340. The van der Waals surface area contributed by atoms with E-state index in [-0.39, 0.29) is 11.9 Å². The topological polar surface area (TPSA) is 98.7 Å². The highest BCUT2D eigenvalue weighted by molar-refractivity contribution is 6.05. The van der Waals surface area contributed by atoms with Crippen LogP contribution in [0, 0.1) is 0 Å². The van der Waals surface area contributed by atoms with Crippen LogP contribution in [-0.4, -0.2) is 30.6 Å². The van der Waals surface area contributed by atoms with Crippen molar-refractivity contribution in [3.8, 4) is 11.1 Å². The summed E-state index contributed by atoms with van der Waals surface area (Å²) in [4.78, 5) is 25.3. The van der Waals surface area contributed by atoms with Gasteiger partial charge in [0, 0.05) is 36.0 Å². The van der Waals surface area contributed by atoms with Gasteiger partial charge in [-0.25, -0.2) is 15.0 Å². The number of oxazole rings is 1. The molecule has 2 aromatic carbocycles. The van der Waals surface area contributed by atoms with Gasteiger partial charge in [0.1, 0.15) is 5.52 Å². The molecule has 0 fully saturated rings. The van der Waals surface area contributed by atoms with Gasteiger partial charge in [0.05, 0.1) is 11.7 Å². The van der Waals surface area contributed by atoms with Gasteiger partial charge in [-0.05, 0) is 29.8 Å². The Morgan fingerprint density at radius 1 is 1.04 bits per heavy atom. The number of rotatable bonds is 3. The van der Waals surface area contributed by atoms with E-state index in [1.807, 2.05) is 31.4 Å². The molecule has 5 rings (SSSR count). The van der Waals surface area contributed by atoms with Crippen molar-refractivity contribution in [2.24, 2.45) is 7.05 Å². The van der Waals surface area contributed by atoms with E-state index in [1.54, 1.807) is 35.3 Å². The third-order valence-electron chi connectivity index (χ3n) is 4.44. The molecule has 0 atom stereocenters. The van der Waals surface area contributed by atoms with E-state index < -0.39 is 0 Å². The molecule has 0 aliphatic carbocycles. The average Bonchev–Trinajstić information content (AvgIpc) is 3.35. The first-order chi connectivity index (χ1) is 13.7. The van der Waals surface area contributed by atoms with Crippen molar-refractivity contribution in [1.29, 1.82) is 0 Å². The molecule has 0 aliphatic heterocycles. The molecule has 0 saturated carbocycles. The summed E-state index contributed by atoms with van der Waals surface area (Å²) < 4.78 is 6.99. The molecule has 0 unspecified atom stereocenters. The van der Waals surface area contributed by atoms with Crippen molar-refractivity contribution in [3.05, 3.63) is 66.9 Å². The maximum absolute atomic E-state index is 12.5. The van der Waals surface area contributed by atoms with Crippen LogP contribution in [0.2, 0.25) is 0 Å². The Hall–Kier alpha value is -4.07. The molecular weight excluding hydrogens is 356 g/mol. The minimum absolute atomic E-state index is 0.235. The highest BCUT2D eigenvalue weighted by Gasteiger charge is 2.11. The number of carbonyl (C=O) groups excluding carboxylic acids is 1. The van der Waals surface area contributed by atoms with Gasteiger partial charge in [0.2, 0.25) is 5.95 Å². The van der Waals surface area contributed by atoms with Crippen LogP contribution in [0.1, 0.15) is 10.4 Å². The molecule has 8 heteroatoms. The van der Waals surface area contributed by atoms with Crippen LogP contribution in [-0.2, 0) is 7.05 Å². The molecule has 1 N–H and O–H groups in total. The highest BCUT2D eigenvalue weighted by atomic mass is 16.3. The molecule has 1 amide bonds. The molecule has 5 aromatic rings. The van der Waals surface area contributed by atoms with Gasteiger partial charge >= 0.3 is 0 Å². The third kappa shape index (κ3) is 2.86. The SMILES string of the molecule is Cn1cc(-c2ccc3cnc(NC(=O)c4ccc5ncoc5c4)nc3c2)cn1. The summed E-state index contributed by atoms with van der Waals surface area (Å²) in [6.45, 7) is 0. The quantitative estimate of drug-likeness (QED) is 0.522. The number of hydrogen-bond donors (Lipinski definition) is 1. The maximum Gasteiger partial charge on any atom is 0.258 e. The molecule has 0 spiro atoms. The number of benzene rings is 2. The van der Waals surface area contributed by atoms with Crippen LogP contribution < -0.4 is 5.32 Å². The smallest absolute Gasteiger partial charge is 0.258 e. The first-order valence-electron chi connectivity index (χ1n) is 8.56. The molecule has 136 valence electrons. The van der Waals surface area contributed by atoms with E-state index in [9.17, 15) is 4.79 Å². The fourth-order valence-electron chi connectivity index (χ4n) is 3.00. The number of fused-ring (bicyclic) bond motifs is 2. The fourth-order valence-corrected chi connectivity index (χ4v) is 3.00. The van der Waals surface area contributed by atoms with E-state index in [0.717, 1.165) is 22.0 Å². The van der Waals surface area contributed by atoms with Gasteiger partial charge in [0.15, 0.2) is 12.0 Å². The summed E-state index contributed by atoms with van der Waals surface area (Å²) in [5.74, 6) is -0.0837. The summed E-state index contributed by atoms with van der Waals surface area (Å²) in [7, 11) is 1.87. The predicted octanol–water partition coefficient (Wildman–Crippen LogP) is 3.42. The van der Waals surface area contributed by atoms with Gasteiger partial charge in [-0.3, -0.25) is 14.8 Å². The largest absolute Gasteiger partial charge is 0.443 e. The van der Waals surface area contributed by atoms with Crippen molar-refractivity contribution in [2.75, 3.05) is 5.32 Å². The number of hydrogen-bond acceptors (Lipinski definition) is 6. The van der Waals surface area contributed by atoms with Crippen LogP contribution in [0.4, 0.5) is 5.95 Å². The second-order valence-corrected chi connectivity index (χ2v) is 6.36. The lowest BCUT2D eigenvalue weighted by Gasteiger charge is -2.06. The molecule has 28 heavy (non-hydrogen) atoms. The number of carbonyl (C=O) groups is 1. The Balaban J connectivity index is 1.45. The van der Waals surface area contributed by atoms with Crippen LogP contribution in [0.3, 0.4) is 0 Å². The van der Waals surface area contributed by atoms with Gasteiger partial charge in [-0.15, -0.1) is 0 Å². The Labute approximate surface area is 158 Å². The number of aryl methyl sites for hydroxylation is 1. The minimum Gasteiger partial charge on any atom is -0.443 e. The summed E-state index contributed by atoms with van der Waals surface area (Å²) in [5, 5.41) is 7.81. The number of anilines is 1. The van der Waals surface area contributed by atoms with Gasteiger partial charge in [-0.2, -0.15) is 5.10 Å². The van der Waals surface area contributed by atoms with Crippen molar-refractivity contribution in [1.82, 2.24) is 24.7 Å². The fraction of sp³-hybridized carbons (Fsp3) is 0.0500. The van der Waals surface area contributed by atoms with Gasteiger partial charge < -0.3 is 4.42 Å².